The molecule has 1 fully saturated rings. The number of morpholine rings is 1. The van der Waals surface area contributed by atoms with E-state index in [2.05, 4.69) is 16.7 Å². The Bertz CT molecular complexity index is 430. The fraction of sp³-hybridized carbons (Fsp3) is 0.625. The average Bonchev–Trinajstić information content (AvgIpc) is 2.51. The third-order valence-electron chi connectivity index (χ3n) is 3.90. The molecule has 5 heteroatoms. The van der Waals surface area contributed by atoms with Crippen molar-refractivity contribution in [3.8, 4) is 0 Å². The van der Waals surface area contributed by atoms with Gasteiger partial charge in [-0.05, 0) is 37.7 Å². The van der Waals surface area contributed by atoms with Crippen LogP contribution in [0, 0.1) is 5.82 Å². The summed E-state index contributed by atoms with van der Waals surface area (Å²) in [7, 11) is 0. The zero-order valence-electron chi connectivity index (χ0n) is 12.8. The Hall–Kier alpha value is -1.17. The van der Waals surface area contributed by atoms with Crippen LogP contribution in [-0.4, -0.2) is 56.9 Å². The number of hydrogen-bond donors (Lipinski definition) is 1. The monoisotopic (exact) mass is 295 g/mol. The normalized spacial score (nSPS) is 19.7. The van der Waals surface area contributed by atoms with Gasteiger partial charge in [-0.25, -0.2) is 4.39 Å². The maximum absolute atomic E-state index is 13.5. The highest BCUT2D eigenvalue weighted by molar-refractivity contribution is 5.46. The van der Waals surface area contributed by atoms with Crippen molar-refractivity contribution in [3.63, 3.8) is 0 Å². The Morgan fingerprint density at radius 3 is 3.05 bits per heavy atom. The lowest BCUT2D eigenvalue weighted by Crippen LogP contribution is -2.47. The maximum atomic E-state index is 13.5. The van der Waals surface area contributed by atoms with Crippen molar-refractivity contribution in [2.45, 2.75) is 19.4 Å². The van der Waals surface area contributed by atoms with Crippen LogP contribution in [0.15, 0.2) is 24.3 Å². The maximum Gasteiger partial charge on any atom is 0.125 e. The summed E-state index contributed by atoms with van der Waals surface area (Å²) in [5.74, 6) is -0.204. The van der Waals surface area contributed by atoms with Gasteiger partial charge in [-0.3, -0.25) is 4.90 Å². The first-order valence-electron chi connectivity index (χ1n) is 7.77. The molecule has 0 aliphatic carbocycles. The summed E-state index contributed by atoms with van der Waals surface area (Å²) in [5, 5.41) is 0. The van der Waals surface area contributed by atoms with Gasteiger partial charge >= 0.3 is 0 Å². The van der Waals surface area contributed by atoms with Crippen molar-refractivity contribution in [1.29, 1.82) is 0 Å². The molecule has 1 aliphatic heterocycles. The van der Waals surface area contributed by atoms with Crippen molar-refractivity contribution < 1.29 is 9.13 Å². The van der Waals surface area contributed by atoms with Gasteiger partial charge in [-0.2, -0.15) is 0 Å². The van der Waals surface area contributed by atoms with Gasteiger partial charge in [0.1, 0.15) is 5.82 Å². The fourth-order valence-electron chi connectivity index (χ4n) is 2.70. The van der Waals surface area contributed by atoms with Gasteiger partial charge < -0.3 is 15.4 Å². The van der Waals surface area contributed by atoms with Crippen molar-refractivity contribution in [2.75, 3.05) is 50.8 Å². The molecule has 0 aromatic heterocycles. The van der Waals surface area contributed by atoms with Crippen molar-refractivity contribution in [1.82, 2.24) is 4.90 Å². The number of benzene rings is 1. The average molecular weight is 295 g/mol. The Balaban J connectivity index is 2.02. The molecule has 2 rings (SSSR count). The predicted octanol–water partition coefficient (Wildman–Crippen LogP) is 1.70. The predicted molar refractivity (Wildman–Crippen MR) is 84.1 cm³/mol. The molecule has 118 valence electrons. The van der Waals surface area contributed by atoms with Crippen LogP contribution >= 0.6 is 0 Å². The third kappa shape index (κ3) is 4.95. The second kappa shape index (κ2) is 8.32. The van der Waals surface area contributed by atoms with E-state index in [0.717, 1.165) is 51.4 Å². The molecule has 1 aromatic carbocycles. The number of hydrogen-bond acceptors (Lipinski definition) is 4. The van der Waals surface area contributed by atoms with E-state index in [-0.39, 0.29) is 11.9 Å². The van der Waals surface area contributed by atoms with Crippen LogP contribution in [0.5, 0.6) is 0 Å². The van der Waals surface area contributed by atoms with E-state index >= 15 is 0 Å². The summed E-state index contributed by atoms with van der Waals surface area (Å²) in [6.07, 6.45) is 1.06. The molecule has 0 radical (unpaired) electrons. The number of halogens is 1. The van der Waals surface area contributed by atoms with E-state index in [1.165, 1.54) is 6.07 Å². The number of likely N-dealkylation sites (N-methyl/N-ethyl adjacent to an activating group) is 1. The largest absolute Gasteiger partial charge is 0.374 e. The Labute approximate surface area is 126 Å². The molecule has 1 heterocycles. The summed E-state index contributed by atoms with van der Waals surface area (Å²) < 4.78 is 19.3. The zero-order valence-corrected chi connectivity index (χ0v) is 12.8. The first-order chi connectivity index (χ1) is 10.2. The summed E-state index contributed by atoms with van der Waals surface area (Å²) in [6.45, 7) is 8.15. The molecule has 0 spiro atoms. The summed E-state index contributed by atoms with van der Waals surface area (Å²) in [5.41, 5.74) is 6.52. The van der Waals surface area contributed by atoms with E-state index in [0.29, 0.717) is 6.54 Å². The molecule has 0 amide bonds. The zero-order chi connectivity index (χ0) is 15.1. The van der Waals surface area contributed by atoms with E-state index in [1.807, 2.05) is 6.07 Å². The number of nitrogens with zero attached hydrogens (tertiary/aromatic N) is 2. The molecule has 1 saturated heterocycles. The van der Waals surface area contributed by atoms with Crippen molar-refractivity contribution >= 4 is 5.69 Å². The van der Waals surface area contributed by atoms with Gasteiger partial charge in [-0.15, -0.1) is 0 Å². The minimum atomic E-state index is -0.204. The molecule has 2 N–H and O–H groups in total. The molecule has 0 bridgehead atoms. The Kier molecular flexibility index (Phi) is 6.42. The summed E-state index contributed by atoms with van der Waals surface area (Å²) >= 11 is 0. The van der Waals surface area contributed by atoms with Crippen LogP contribution < -0.4 is 10.6 Å². The van der Waals surface area contributed by atoms with E-state index in [4.69, 9.17) is 10.5 Å². The van der Waals surface area contributed by atoms with Crippen molar-refractivity contribution in [2.24, 2.45) is 5.73 Å². The van der Waals surface area contributed by atoms with Crippen LogP contribution in [0.25, 0.3) is 0 Å². The third-order valence-corrected chi connectivity index (χ3v) is 3.90. The Morgan fingerprint density at radius 2 is 2.33 bits per heavy atom. The van der Waals surface area contributed by atoms with Gasteiger partial charge in [0.2, 0.25) is 0 Å². The lowest BCUT2D eigenvalue weighted by molar-refractivity contribution is -0.0221. The summed E-state index contributed by atoms with van der Waals surface area (Å²) in [6, 6.07) is 6.75. The van der Waals surface area contributed by atoms with E-state index < -0.39 is 0 Å². The van der Waals surface area contributed by atoms with Gasteiger partial charge in [-0.1, -0.05) is 13.0 Å². The smallest absolute Gasteiger partial charge is 0.125 e. The van der Waals surface area contributed by atoms with E-state index in [9.17, 15) is 4.39 Å². The Morgan fingerprint density at radius 1 is 1.48 bits per heavy atom. The quantitative estimate of drug-likeness (QED) is 0.831. The first-order valence-corrected chi connectivity index (χ1v) is 7.77. The molecule has 0 saturated carbocycles. The fourth-order valence-corrected chi connectivity index (χ4v) is 2.70. The van der Waals surface area contributed by atoms with E-state index in [1.54, 1.807) is 12.1 Å². The van der Waals surface area contributed by atoms with Crippen molar-refractivity contribution in [3.05, 3.63) is 30.1 Å². The van der Waals surface area contributed by atoms with Gasteiger partial charge in [0.25, 0.3) is 0 Å². The minimum Gasteiger partial charge on any atom is -0.374 e. The van der Waals surface area contributed by atoms with Gasteiger partial charge in [0.15, 0.2) is 0 Å². The number of rotatable bonds is 7. The number of nitrogens with two attached hydrogens (primary N) is 1. The van der Waals surface area contributed by atoms with Crippen LogP contribution in [-0.2, 0) is 4.74 Å². The lowest BCUT2D eigenvalue weighted by atomic mass is 10.2. The van der Waals surface area contributed by atoms with Crippen LogP contribution in [0.1, 0.15) is 13.3 Å². The molecule has 1 unspecified atom stereocenters. The molecule has 1 aromatic rings. The molecular formula is C16H26FN3O. The molecule has 1 aliphatic rings. The molecule has 1 atom stereocenters. The standard InChI is InChI=1S/C16H26FN3O/c1-2-19-9-10-21-16(12-19)13-20(8-4-7-18)15-6-3-5-14(17)11-15/h3,5-6,11,16H,2,4,7-10,12-13,18H2,1H3. The first kappa shape index (κ1) is 16.2. The highest BCUT2D eigenvalue weighted by atomic mass is 19.1. The van der Waals surface area contributed by atoms with Crippen LogP contribution in [0.4, 0.5) is 10.1 Å². The van der Waals surface area contributed by atoms with Crippen LogP contribution in [0.3, 0.4) is 0 Å². The molecular weight excluding hydrogens is 269 g/mol. The topological polar surface area (TPSA) is 41.7 Å². The summed E-state index contributed by atoms with van der Waals surface area (Å²) in [4.78, 5) is 4.57. The molecule has 4 nitrogen and oxygen atoms in total. The lowest BCUT2D eigenvalue weighted by Gasteiger charge is -2.36. The minimum absolute atomic E-state index is 0.166. The second-order valence-corrected chi connectivity index (χ2v) is 5.45. The highest BCUT2D eigenvalue weighted by Gasteiger charge is 2.22. The van der Waals surface area contributed by atoms with Gasteiger partial charge in [0, 0.05) is 31.9 Å². The number of ether oxygens (including phenoxy) is 1. The van der Waals surface area contributed by atoms with Gasteiger partial charge in [0.05, 0.1) is 12.7 Å². The molecule has 21 heavy (non-hydrogen) atoms. The highest BCUT2D eigenvalue weighted by Crippen LogP contribution is 2.18. The SMILES string of the molecule is CCN1CCOC(CN(CCCN)c2cccc(F)c2)C1. The number of anilines is 1. The van der Waals surface area contributed by atoms with Crippen LogP contribution in [0.2, 0.25) is 0 Å². The second-order valence-electron chi connectivity index (χ2n) is 5.45.